The summed E-state index contributed by atoms with van der Waals surface area (Å²) in [6.45, 7) is 5.51. The first kappa shape index (κ1) is 17.1. The van der Waals surface area contributed by atoms with Crippen LogP contribution in [0.4, 0.5) is 4.79 Å². The summed E-state index contributed by atoms with van der Waals surface area (Å²) in [4.78, 5) is 10.0. The topological polar surface area (TPSA) is 122 Å². The lowest BCUT2D eigenvalue weighted by Gasteiger charge is -2.16. The highest BCUT2D eigenvalue weighted by Crippen LogP contribution is 2.41. The van der Waals surface area contributed by atoms with Crippen LogP contribution in [0.15, 0.2) is 0 Å². The van der Waals surface area contributed by atoms with Crippen molar-refractivity contribution in [3.05, 3.63) is 0 Å². The molecule has 0 aromatic carbocycles. The Balaban J connectivity index is 0.000000331. The molecule has 1 saturated carbocycles. The normalized spacial score (nSPS) is 17.4. The number of rotatable bonds is 3. The number of carbonyl (C=O) groups excluding carboxylic acids is 1. The Kier molecular flexibility index (Phi) is 5.57. The average Bonchev–Trinajstić information content (AvgIpc) is 2.80. The van der Waals surface area contributed by atoms with Gasteiger partial charge in [0.15, 0.2) is 0 Å². The van der Waals surface area contributed by atoms with Gasteiger partial charge in [0.2, 0.25) is 10.0 Å². The smallest absolute Gasteiger partial charge is 0.405 e. The van der Waals surface area contributed by atoms with Crippen molar-refractivity contribution in [2.75, 3.05) is 13.7 Å². The van der Waals surface area contributed by atoms with E-state index in [4.69, 9.17) is 15.6 Å². The number of amides is 1. The van der Waals surface area contributed by atoms with Gasteiger partial charge in [-0.2, -0.15) is 0 Å². The fraction of sp³-hybridized carbons (Fsp3) is 0.900. The van der Waals surface area contributed by atoms with E-state index in [9.17, 15) is 13.2 Å². The third-order valence-corrected chi connectivity index (χ3v) is 3.96. The van der Waals surface area contributed by atoms with Crippen LogP contribution >= 0.6 is 0 Å². The Hall–Kier alpha value is -0.860. The SMILES string of the molecule is CC(C)(C)OC(N)=O.COCC1(S(N)(=O)=O)CC1. The monoisotopic (exact) mass is 282 g/mol. The van der Waals surface area contributed by atoms with E-state index in [0.29, 0.717) is 12.8 Å². The van der Waals surface area contributed by atoms with Gasteiger partial charge in [-0.1, -0.05) is 0 Å². The third kappa shape index (κ3) is 6.18. The summed E-state index contributed by atoms with van der Waals surface area (Å²) < 4.78 is 30.2. The number of carbonyl (C=O) groups is 1. The molecule has 0 bridgehead atoms. The Morgan fingerprint density at radius 3 is 1.83 bits per heavy atom. The number of ether oxygens (including phenoxy) is 2. The maximum absolute atomic E-state index is 10.8. The van der Waals surface area contributed by atoms with Gasteiger partial charge in [0.1, 0.15) is 10.3 Å². The Bertz CT molecular complexity index is 382. The summed E-state index contributed by atoms with van der Waals surface area (Å²) in [5, 5.41) is 4.95. The van der Waals surface area contributed by atoms with Crippen molar-refractivity contribution in [2.24, 2.45) is 10.9 Å². The highest BCUT2D eigenvalue weighted by molar-refractivity contribution is 7.90. The molecule has 0 radical (unpaired) electrons. The van der Waals surface area contributed by atoms with Crippen LogP contribution in [0.3, 0.4) is 0 Å². The van der Waals surface area contributed by atoms with Gasteiger partial charge in [0, 0.05) is 7.11 Å². The molecule has 18 heavy (non-hydrogen) atoms. The fourth-order valence-corrected chi connectivity index (χ4v) is 2.17. The number of primary amides is 1. The Labute approximate surface area is 108 Å². The summed E-state index contributed by atoms with van der Waals surface area (Å²) in [6, 6.07) is 0. The molecule has 0 atom stereocenters. The van der Waals surface area contributed by atoms with Gasteiger partial charge in [-0.25, -0.2) is 18.4 Å². The van der Waals surface area contributed by atoms with Crippen LogP contribution in [0.25, 0.3) is 0 Å². The van der Waals surface area contributed by atoms with E-state index in [2.05, 4.69) is 4.74 Å². The second-order valence-electron chi connectivity index (χ2n) is 5.19. The van der Waals surface area contributed by atoms with Crippen LogP contribution in [0.2, 0.25) is 0 Å². The number of hydrogen-bond donors (Lipinski definition) is 2. The van der Waals surface area contributed by atoms with Gasteiger partial charge in [-0.15, -0.1) is 0 Å². The zero-order valence-electron chi connectivity index (χ0n) is 11.2. The summed E-state index contributed by atoms with van der Waals surface area (Å²) in [5.74, 6) is 0. The van der Waals surface area contributed by atoms with Crippen molar-refractivity contribution in [3.63, 3.8) is 0 Å². The molecule has 1 fully saturated rings. The van der Waals surface area contributed by atoms with Crippen molar-refractivity contribution >= 4 is 16.1 Å². The molecule has 0 aromatic heterocycles. The minimum Gasteiger partial charge on any atom is -0.444 e. The summed E-state index contributed by atoms with van der Waals surface area (Å²) in [6.07, 6.45) is 0.553. The Morgan fingerprint density at radius 1 is 1.33 bits per heavy atom. The van der Waals surface area contributed by atoms with E-state index in [1.165, 1.54) is 7.11 Å². The third-order valence-electron chi connectivity index (χ3n) is 2.23. The van der Waals surface area contributed by atoms with Gasteiger partial charge in [0.25, 0.3) is 0 Å². The number of hydrogen-bond acceptors (Lipinski definition) is 5. The van der Waals surface area contributed by atoms with Crippen LogP contribution in [0, 0.1) is 0 Å². The highest BCUT2D eigenvalue weighted by atomic mass is 32.2. The highest BCUT2D eigenvalue weighted by Gasteiger charge is 2.52. The van der Waals surface area contributed by atoms with Crippen molar-refractivity contribution in [1.29, 1.82) is 0 Å². The molecule has 0 aromatic rings. The molecule has 1 aliphatic rings. The van der Waals surface area contributed by atoms with Crippen LogP contribution in [0.5, 0.6) is 0 Å². The van der Waals surface area contributed by atoms with Gasteiger partial charge < -0.3 is 15.2 Å². The molecule has 0 aliphatic heterocycles. The van der Waals surface area contributed by atoms with E-state index in [0.717, 1.165) is 0 Å². The second-order valence-corrected chi connectivity index (χ2v) is 7.15. The first-order chi connectivity index (χ1) is 7.93. The number of methoxy groups -OCH3 is 1. The predicted molar refractivity (Wildman–Crippen MR) is 67.4 cm³/mol. The second kappa shape index (κ2) is 5.85. The molecule has 1 rings (SSSR count). The van der Waals surface area contributed by atoms with Crippen molar-refractivity contribution in [2.45, 2.75) is 44.0 Å². The zero-order valence-corrected chi connectivity index (χ0v) is 12.0. The minimum atomic E-state index is -3.38. The standard InChI is InChI=1S/C5H11NO3S.C5H11NO2/c1-9-4-5(2-3-5)10(6,7)8;1-5(2,3)8-4(6)7/h2-4H2,1H3,(H2,6,7,8);1-3H3,(H2,6,7). The number of nitrogens with two attached hydrogens (primary N) is 2. The quantitative estimate of drug-likeness (QED) is 0.772. The summed E-state index contributed by atoms with van der Waals surface area (Å²) >= 11 is 0. The van der Waals surface area contributed by atoms with Crippen molar-refractivity contribution in [3.8, 4) is 0 Å². The lowest BCUT2D eigenvalue weighted by Crippen LogP contribution is -2.34. The predicted octanol–water partition coefficient (Wildman–Crippen LogP) is 0.334. The summed E-state index contributed by atoms with van der Waals surface area (Å²) in [7, 11) is -1.90. The van der Waals surface area contributed by atoms with Gasteiger partial charge in [0.05, 0.1) is 6.61 Å². The molecule has 108 valence electrons. The lowest BCUT2D eigenvalue weighted by molar-refractivity contribution is 0.0600. The van der Waals surface area contributed by atoms with E-state index in [1.807, 2.05) is 0 Å². The molecule has 1 amide bonds. The molecule has 4 N–H and O–H groups in total. The largest absolute Gasteiger partial charge is 0.444 e. The van der Waals surface area contributed by atoms with Crippen LogP contribution in [0.1, 0.15) is 33.6 Å². The van der Waals surface area contributed by atoms with Crippen LogP contribution in [-0.4, -0.2) is 38.6 Å². The van der Waals surface area contributed by atoms with Gasteiger partial charge >= 0.3 is 6.09 Å². The van der Waals surface area contributed by atoms with E-state index in [-0.39, 0.29) is 6.61 Å². The molecule has 7 nitrogen and oxygen atoms in total. The molecular weight excluding hydrogens is 260 g/mol. The van der Waals surface area contributed by atoms with Crippen molar-refractivity contribution < 1.29 is 22.7 Å². The van der Waals surface area contributed by atoms with E-state index < -0.39 is 26.5 Å². The van der Waals surface area contributed by atoms with Crippen LogP contribution < -0.4 is 10.9 Å². The zero-order chi connectivity index (χ0) is 14.6. The molecule has 8 heteroatoms. The van der Waals surface area contributed by atoms with E-state index in [1.54, 1.807) is 20.8 Å². The van der Waals surface area contributed by atoms with Gasteiger partial charge in [-0.05, 0) is 33.6 Å². The minimum absolute atomic E-state index is 0.228. The number of primary sulfonamides is 1. The van der Waals surface area contributed by atoms with E-state index >= 15 is 0 Å². The maximum atomic E-state index is 10.8. The average molecular weight is 282 g/mol. The molecule has 1 aliphatic carbocycles. The number of sulfonamides is 1. The molecule has 0 saturated heterocycles. The fourth-order valence-electron chi connectivity index (χ4n) is 1.22. The van der Waals surface area contributed by atoms with Crippen LogP contribution in [-0.2, 0) is 19.5 Å². The molecular formula is C10H22N2O5S. The molecule has 0 spiro atoms. The molecule has 0 unspecified atom stereocenters. The molecule has 0 heterocycles. The van der Waals surface area contributed by atoms with Gasteiger partial charge in [-0.3, -0.25) is 0 Å². The first-order valence-electron chi connectivity index (χ1n) is 5.43. The first-order valence-corrected chi connectivity index (χ1v) is 6.98. The lowest BCUT2D eigenvalue weighted by atomic mass is 10.2. The summed E-state index contributed by atoms with van der Waals surface area (Å²) in [5.41, 5.74) is 4.26. The van der Waals surface area contributed by atoms with Crippen molar-refractivity contribution in [1.82, 2.24) is 0 Å². The maximum Gasteiger partial charge on any atom is 0.405 e. The Morgan fingerprint density at radius 2 is 1.78 bits per heavy atom.